The molecule has 0 spiro atoms. The number of nitro groups is 1. The Morgan fingerprint density at radius 1 is 1.43 bits per heavy atom. The summed E-state index contributed by atoms with van der Waals surface area (Å²) in [6.07, 6.45) is 7.64. The molecule has 1 fully saturated rings. The van der Waals surface area contributed by atoms with Crippen LogP contribution in [0.15, 0.2) is 18.2 Å². The van der Waals surface area contributed by atoms with Gasteiger partial charge < -0.3 is 19.7 Å². The number of fused-ring (bicyclic) bond motifs is 1. The number of rotatable bonds is 7. The molecule has 0 aliphatic carbocycles. The van der Waals surface area contributed by atoms with E-state index in [9.17, 15) is 14.9 Å². The summed E-state index contributed by atoms with van der Waals surface area (Å²) in [7, 11) is 0. The second kappa shape index (κ2) is 9.66. The van der Waals surface area contributed by atoms with Crippen molar-refractivity contribution in [3.8, 4) is 5.75 Å². The highest BCUT2D eigenvalue weighted by molar-refractivity contribution is 5.92. The van der Waals surface area contributed by atoms with Gasteiger partial charge in [-0.05, 0) is 38.8 Å². The van der Waals surface area contributed by atoms with Crippen LogP contribution >= 0.6 is 0 Å². The minimum Gasteiger partial charge on any atom is -0.467 e. The van der Waals surface area contributed by atoms with Gasteiger partial charge in [-0.2, -0.15) is 0 Å². The van der Waals surface area contributed by atoms with Crippen molar-refractivity contribution in [2.75, 3.05) is 26.4 Å². The molecule has 0 radical (unpaired) electrons. The van der Waals surface area contributed by atoms with Gasteiger partial charge in [0.05, 0.1) is 11.5 Å². The third kappa shape index (κ3) is 5.30. The number of carbonyl (C=O) groups is 1. The van der Waals surface area contributed by atoms with E-state index in [2.05, 4.69) is 17.1 Å². The standard InChI is InChI=1S/C20H27N3O5/c1-15-5-2-3-9-22(15)10-4-8-21-19(24)7-6-16-11-18(23(25)26)12-17-13-27-14-28-20(16)17/h6-7,11-12,15H,2-5,8-10,13-14H2,1H3,(H,21,24)/b7-6+/t15-/m0/s1. The first-order valence-electron chi connectivity index (χ1n) is 9.76. The zero-order valence-corrected chi connectivity index (χ0v) is 16.2. The van der Waals surface area contributed by atoms with E-state index in [1.165, 1.54) is 37.5 Å². The normalized spacial score (nSPS) is 19.8. The highest BCUT2D eigenvalue weighted by Gasteiger charge is 2.20. The molecule has 1 aromatic carbocycles. The molecule has 2 heterocycles. The average Bonchev–Trinajstić information content (AvgIpc) is 2.70. The number of hydrogen-bond donors (Lipinski definition) is 1. The highest BCUT2D eigenvalue weighted by Crippen LogP contribution is 2.33. The predicted octanol–water partition coefficient (Wildman–Crippen LogP) is 2.86. The number of carbonyl (C=O) groups excluding carboxylic acids is 1. The molecule has 0 unspecified atom stereocenters. The van der Waals surface area contributed by atoms with Gasteiger partial charge in [-0.1, -0.05) is 6.42 Å². The Morgan fingerprint density at radius 2 is 2.29 bits per heavy atom. The van der Waals surface area contributed by atoms with Gasteiger partial charge in [0.25, 0.3) is 5.69 Å². The largest absolute Gasteiger partial charge is 0.467 e. The van der Waals surface area contributed by atoms with E-state index in [0.29, 0.717) is 29.5 Å². The number of ether oxygens (including phenoxy) is 2. The Kier molecular flexibility index (Phi) is 7.00. The molecule has 1 atom stereocenters. The second-order valence-corrected chi connectivity index (χ2v) is 7.25. The Morgan fingerprint density at radius 3 is 3.07 bits per heavy atom. The van der Waals surface area contributed by atoms with Crippen LogP contribution in [0.1, 0.15) is 43.7 Å². The molecular formula is C20H27N3O5. The number of hydrogen-bond acceptors (Lipinski definition) is 6. The van der Waals surface area contributed by atoms with Gasteiger partial charge in [-0.3, -0.25) is 14.9 Å². The van der Waals surface area contributed by atoms with E-state index < -0.39 is 4.92 Å². The molecule has 1 amide bonds. The van der Waals surface area contributed by atoms with E-state index in [0.717, 1.165) is 19.5 Å². The minimum absolute atomic E-state index is 0.0523. The number of nitro benzene ring substituents is 1. The number of likely N-dealkylation sites (tertiary alicyclic amines) is 1. The van der Waals surface area contributed by atoms with E-state index in [1.54, 1.807) is 6.08 Å². The maximum absolute atomic E-state index is 12.1. The van der Waals surface area contributed by atoms with Crippen LogP contribution in [0, 0.1) is 10.1 Å². The SMILES string of the molecule is C[C@H]1CCCCN1CCCNC(=O)/C=C/c1cc([N+](=O)[O-])cc2c1OCOC2. The molecule has 0 saturated carbocycles. The van der Waals surface area contributed by atoms with Gasteiger partial charge in [0.15, 0.2) is 6.79 Å². The van der Waals surface area contributed by atoms with Crippen LogP contribution in [0.4, 0.5) is 5.69 Å². The first-order valence-corrected chi connectivity index (χ1v) is 9.76. The van der Waals surface area contributed by atoms with Crippen LogP contribution in [-0.4, -0.2) is 48.2 Å². The van der Waals surface area contributed by atoms with Gasteiger partial charge in [0.2, 0.25) is 5.91 Å². The number of nitrogens with one attached hydrogen (secondary N) is 1. The van der Waals surface area contributed by atoms with Gasteiger partial charge in [0.1, 0.15) is 5.75 Å². The Bertz CT molecular complexity index is 750. The molecule has 3 rings (SSSR count). The number of amides is 1. The highest BCUT2D eigenvalue weighted by atomic mass is 16.7. The third-order valence-corrected chi connectivity index (χ3v) is 5.21. The van der Waals surface area contributed by atoms with Crippen molar-refractivity contribution in [3.05, 3.63) is 39.4 Å². The fourth-order valence-corrected chi connectivity index (χ4v) is 3.67. The lowest BCUT2D eigenvalue weighted by molar-refractivity contribution is -0.385. The second-order valence-electron chi connectivity index (χ2n) is 7.25. The number of benzene rings is 1. The van der Waals surface area contributed by atoms with Crippen LogP contribution in [0.2, 0.25) is 0 Å². The molecule has 0 bridgehead atoms. The monoisotopic (exact) mass is 389 g/mol. The first kappa shape index (κ1) is 20.3. The maximum Gasteiger partial charge on any atom is 0.270 e. The molecule has 28 heavy (non-hydrogen) atoms. The molecule has 1 saturated heterocycles. The predicted molar refractivity (Wildman–Crippen MR) is 105 cm³/mol. The van der Waals surface area contributed by atoms with Crippen molar-refractivity contribution in [1.29, 1.82) is 0 Å². The van der Waals surface area contributed by atoms with Crippen molar-refractivity contribution in [3.63, 3.8) is 0 Å². The van der Waals surface area contributed by atoms with E-state index >= 15 is 0 Å². The van der Waals surface area contributed by atoms with Crippen molar-refractivity contribution in [1.82, 2.24) is 10.2 Å². The molecule has 1 aromatic rings. The molecule has 2 aliphatic heterocycles. The zero-order chi connectivity index (χ0) is 19.9. The van der Waals surface area contributed by atoms with Crippen LogP contribution in [0.5, 0.6) is 5.75 Å². The fourth-order valence-electron chi connectivity index (χ4n) is 3.67. The van der Waals surface area contributed by atoms with E-state index in [-0.39, 0.29) is 25.0 Å². The Balaban J connectivity index is 1.53. The summed E-state index contributed by atoms with van der Waals surface area (Å²) >= 11 is 0. The Hall–Kier alpha value is -2.45. The van der Waals surface area contributed by atoms with Gasteiger partial charge >= 0.3 is 0 Å². The number of nitrogens with zero attached hydrogens (tertiary/aromatic N) is 2. The third-order valence-electron chi connectivity index (χ3n) is 5.21. The summed E-state index contributed by atoms with van der Waals surface area (Å²) in [5, 5.41) is 14.0. The quantitative estimate of drug-likeness (QED) is 0.334. The first-order chi connectivity index (χ1) is 13.5. The smallest absolute Gasteiger partial charge is 0.270 e. The van der Waals surface area contributed by atoms with Gasteiger partial charge in [0, 0.05) is 48.5 Å². The van der Waals surface area contributed by atoms with Crippen LogP contribution in [0.3, 0.4) is 0 Å². The summed E-state index contributed by atoms with van der Waals surface area (Å²) in [5.41, 5.74) is 1.06. The molecule has 2 aliphatic rings. The van der Waals surface area contributed by atoms with Crippen LogP contribution in [0.25, 0.3) is 6.08 Å². The average molecular weight is 389 g/mol. The van der Waals surface area contributed by atoms with Crippen LogP contribution < -0.4 is 10.1 Å². The summed E-state index contributed by atoms with van der Waals surface area (Å²) in [6, 6.07) is 3.47. The van der Waals surface area contributed by atoms with Crippen LogP contribution in [-0.2, 0) is 16.1 Å². The topological polar surface area (TPSA) is 93.9 Å². The lowest BCUT2D eigenvalue weighted by Crippen LogP contribution is -2.39. The van der Waals surface area contributed by atoms with E-state index in [4.69, 9.17) is 9.47 Å². The summed E-state index contributed by atoms with van der Waals surface area (Å²) < 4.78 is 10.6. The lowest BCUT2D eigenvalue weighted by atomic mass is 10.0. The summed E-state index contributed by atoms with van der Waals surface area (Å²) in [4.78, 5) is 25.2. The molecule has 8 heteroatoms. The number of non-ortho nitro benzene ring substituents is 1. The maximum atomic E-state index is 12.1. The molecule has 8 nitrogen and oxygen atoms in total. The minimum atomic E-state index is -0.464. The van der Waals surface area contributed by atoms with Gasteiger partial charge in [-0.25, -0.2) is 0 Å². The molecule has 152 valence electrons. The lowest BCUT2D eigenvalue weighted by Gasteiger charge is -2.33. The van der Waals surface area contributed by atoms with Crippen molar-refractivity contribution in [2.45, 2.75) is 45.3 Å². The fraction of sp³-hybridized carbons (Fsp3) is 0.550. The summed E-state index contributed by atoms with van der Waals surface area (Å²) in [5.74, 6) is 0.305. The molecular weight excluding hydrogens is 362 g/mol. The van der Waals surface area contributed by atoms with E-state index in [1.807, 2.05) is 0 Å². The number of piperidine rings is 1. The van der Waals surface area contributed by atoms with Gasteiger partial charge in [-0.15, -0.1) is 0 Å². The molecule has 0 aromatic heterocycles. The van der Waals surface area contributed by atoms with Crippen molar-refractivity contribution < 1.29 is 19.2 Å². The van der Waals surface area contributed by atoms with Crippen molar-refractivity contribution in [2.24, 2.45) is 0 Å². The zero-order valence-electron chi connectivity index (χ0n) is 16.2. The molecule has 1 N–H and O–H groups in total. The van der Waals surface area contributed by atoms with Crippen molar-refractivity contribution >= 4 is 17.7 Å². The summed E-state index contributed by atoms with van der Waals surface area (Å²) in [6.45, 7) is 5.32. The Labute approximate surface area is 164 Å².